The molecule has 4 heteroatoms. The van der Waals surface area contributed by atoms with Crippen molar-refractivity contribution < 1.29 is 19.1 Å². The summed E-state index contributed by atoms with van der Waals surface area (Å²) < 4.78 is 9.99. The van der Waals surface area contributed by atoms with Gasteiger partial charge in [-0.05, 0) is 56.4 Å². The molecule has 1 aliphatic rings. The molecule has 2 rings (SSSR count). The fourth-order valence-corrected chi connectivity index (χ4v) is 4.34. The van der Waals surface area contributed by atoms with Crippen LogP contribution in [0.1, 0.15) is 51.5 Å². The Morgan fingerprint density at radius 3 is 2.30 bits per heavy atom. The molecule has 1 aliphatic carbocycles. The number of ether oxygens (including phenoxy) is 2. The van der Waals surface area contributed by atoms with Crippen LogP contribution in [0, 0.1) is 17.3 Å². The van der Waals surface area contributed by atoms with Crippen molar-refractivity contribution in [3.8, 4) is 0 Å². The lowest BCUT2D eigenvalue weighted by Crippen LogP contribution is -2.39. The highest BCUT2D eigenvalue weighted by Crippen LogP contribution is 2.49. The van der Waals surface area contributed by atoms with Crippen LogP contribution in [0.4, 0.5) is 0 Å². The fourth-order valence-electron chi connectivity index (χ4n) is 4.34. The predicted octanol–water partition coefficient (Wildman–Crippen LogP) is 5.75. The van der Waals surface area contributed by atoms with Crippen molar-refractivity contribution in [2.45, 2.75) is 46.0 Å². The van der Waals surface area contributed by atoms with Crippen LogP contribution in [0.2, 0.25) is 0 Å². The Morgan fingerprint density at radius 1 is 1.07 bits per heavy atom. The zero-order chi connectivity index (χ0) is 22.0. The molecule has 30 heavy (non-hydrogen) atoms. The van der Waals surface area contributed by atoms with E-state index in [9.17, 15) is 9.59 Å². The van der Waals surface area contributed by atoms with Gasteiger partial charge in [0.05, 0.1) is 14.2 Å². The van der Waals surface area contributed by atoms with E-state index in [1.165, 1.54) is 25.4 Å². The Balaban J connectivity index is 2.20. The van der Waals surface area contributed by atoms with Gasteiger partial charge in [-0.1, -0.05) is 73.2 Å². The van der Waals surface area contributed by atoms with Crippen LogP contribution in [0.15, 0.2) is 60.2 Å². The first kappa shape index (κ1) is 23.7. The first-order chi connectivity index (χ1) is 14.5. The lowest BCUT2D eigenvalue weighted by atomic mass is 9.84. The van der Waals surface area contributed by atoms with Crippen molar-refractivity contribution in [3.05, 3.63) is 65.8 Å². The Bertz CT molecular complexity index is 773. The number of hydrogen-bond donors (Lipinski definition) is 0. The highest BCUT2D eigenvalue weighted by Gasteiger charge is 2.56. The van der Waals surface area contributed by atoms with Crippen molar-refractivity contribution in [1.29, 1.82) is 0 Å². The number of rotatable bonds is 9. The Morgan fingerprint density at radius 2 is 1.73 bits per heavy atom. The first-order valence-electron chi connectivity index (χ1n) is 10.7. The summed E-state index contributed by atoms with van der Waals surface area (Å²) in [7, 11) is 2.66. The van der Waals surface area contributed by atoms with Gasteiger partial charge in [0.2, 0.25) is 0 Å². The Labute approximate surface area is 180 Å². The van der Waals surface area contributed by atoms with E-state index in [1.54, 1.807) is 0 Å². The molecule has 0 heterocycles. The van der Waals surface area contributed by atoms with Gasteiger partial charge in [-0.2, -0.15) is 0 Å². The fraction of sp³-hybridized carbons (Fsp3) is 0.462. The van der Waals surface area contributed by atoms with Crippen molar-refractivity contribution in [2.24, 2.45) is 17.3 Å². The van der Waals surface area contributed by atoms with Crippen molar-refractivity contribution in [2.75, 3.05) is 14.2 Å². The molecule has 1 fully saturated rings. The maximum atomic E-state index is 12.6. The number of carbonyl (C=O) groups excluding carboxylic acids is 2. The van der Waals surface area contributed by atoms with Gasteiger partial charge in [0.15, 0.2) is 5.41 Å². The third-order valence-corrected chi connectivity index (χ3v) is 6.01. The minimum atomic E-state index is -1.21. The molecule has 0 saturated heterocycles. The van der Waals surface area contributed by atoms with Gasteiger partial charge >= 0.3 is 11.9 Å². The minimum Gasteiger partial charge on any atom is -0.468 e. The summed E-state index contributed by atoms with van der Waals surface area (Å²) in [6, 6.07) is 10.3. The SMILES string of the molecule is C/C=C\C[C@H]1CC(C(=O)OC)(C(=O)OC)C[C@@H]1/C=C/C/C(=C/c1ccccc1)CC. The highest BCUT2D eigenvalue weighted by molar-refractivity contribution is 6.00. The summed E-state index contributed by atoms with van der Waals surface area (Å²) in [5.74, 6) is -0.670. The van der Waals surface area contributed by atoms with E-state index in [4.69, 9.17) is 9.47 Å². The van der Waals surface area contributed by atoms with E-state index in [2.05, 4.69) is 43.4 Å². The van der Waals surface area contributed by atoms with Gasteiger partial charge in [0.25, 0.3) is 0 Å². The summed E-state index contributed by atoms with van der Waals surface area (Å²) >= 11 is 0. The van der Waals surface area contributed by atoms with E-state index in [1.807, 2.05) is 31.2 Å². The van der Waals surface area contributed by atoms with Crippen LogP contribution in [-0.2, 0) is 19.1 Å². The smallest absolute Gasteiger partial charge is 0.323 e. The average molecular weight is 411 g/mol. The highest BCUT2D eigenvalue weighted by atomic mass is 16.5. The number of carbonyl (C=O) groups is 2. The van der Waals surface area contributed by atoms with Gasteiger partial charge in [0.1, 0.15) is 0 Å². The summed E-state index contributed by atoms with van der Waals surface area (Å²) in [5.41, 5.74) is 1.33. The second-order valence-electron chi connectivity index (χ2n) is 7.90. The third-order valence-electron chi connectivity index (χ3n) is 6.01. The van der Waals surface area contributed by atoms with E-state index in [-0.39, 0.29) is 11.8 Å². The minimum absolute atomic E-state index is 0.120. The molecular weight excluding hydrogens is 376 g/mol. The van der Waals surface area contributed by atoms with Crippen molar-refractivity contribution in [3.63, 3.8) is 0 Å². The molecule has 0 aliphatic heterocycles. The van der Waals surface area contributed by atoms with E-state index >= 15 is 0 Å². The van der Waals surface area contributed by atoms with E-state index < -0.39 is 17.4 Å². The second-order valence-corrected chi connectivity index (χ2v) is 7.90. The topological polar surface area (TPSA) is 52.6 Å². The van der Waals surface area contributed by atoms with Crippen LogP contribution in [0.25, 0.3) is 6.08 Å². The van der Waals surface area contributed by atoms with Gasteiger partial charge in [0, 0.05) is 0 Å². The van der Waals surface area contributed by atoms with Gasteiger partial charge < -0.3 is 9.47 Å². The Kier molecular flexibility index (Phi) is 9.10. The van der Waals surface area contributed by atoms with Crippen molar-refractivity contribution >= 4 is 18.0 Å². The molecule has 0 unspecified atom stereocenters. The molecule has 0 aromatic heterocycles. The third kappa shape index (κ3) is 5.71. The summed E-state index contributed by atoms with van der Waals surface area (Å²) in [6.45, 7) is 4.14. The molecular formula is C26H34O4. The number of allylic oxidation sites excluding steroid dienone is 5. The molecule has 0 amide bonds. The maximum Gasteiger partial charge on any atom is 0.323 e. The standard InChI is InChI=1S/C26H34O4/c1-5-7-15-22-18-26(24(27)29-3,25(28)30-4)19-23(22)16-11-14-20(6-2)17-21-12-9-8-10-13-21/h5,7-13,16-17,22-23H,6,14-15,18-19H2,1-4H3/b7-5-,16-11+,20-17+/t22-,23-/m0/s1. The predicted molar refractivity (Wildman–Crippen MR) is 121 cm³/mol. The molecule has 2 atom stereocenters. The number of hydrogen-bond acceptors (Lipinski definition) is 4. The molecule has 1 aromatic rings. The molecule has 1 saturated carbocycles. The van der Waals surface area contributed by atoms with Crippen LogP contribution < -0.4 is 0 Å². The van der Waals surface area contributed by atoms with Gasteiger partial charge in [-0.3, -0.25) is 9.59 Å². The number of esters is 2. The first-order valence-corrected chi connectivity index (χ1v) is 10.7. The Hall–Kier alpha value is -2.62. The normalized spacial score (nSPS) is 21.3. The quantitative estimate of drug-likeness (QED) is 0.295. The zero-order valence-corrected chi connectivity index (χ0v) is 18.6. The molecule has 0 spiro atoms. The van der Waals surface area contributed by atoms with Gasteiger partial charge in [-0.25, -0.2) is 0 Å². The summed E-state index contributed by atoms with van der Waals surface area (Å²) in [6.07, 6.45) is 14.2. The van der Waals surface area contributed by atoms with Crippen LogP contribution in [0.5, 0.6) is 0 Å². The molecule has 162 valence electrons. The maximum absolute atomic E-state index is 12.6. The lowest BCUT2D eigenvalue weighted by Gasteiger charge is -2.23. The zero-order valence-electron chi connectivity index (χ0n) is 18.6. The molecule has 0 bridgehead atoms. The number of benzene rings is 1. The van der Waals surface area contributed by atoms with E-state index in [0.29, 0.717) is 12.8 Å². The molecule has 0 radical (unpaired) electrons. The monoisotopic (exact) mass is 410 g/mol. The lowest BCUT2D eigenvalue weighted by molar-refractivity contribution is -0.169. The van der Waals surface area contributed by atoms with Crippen LogP contribution >= 0.6 is 0 Å². The van der Waals surface area contributed by atoms with Crippen LogP contribution in [0.3, 0.4) is 0 Å². The number of methoxy groups -OCH3 is 2. The molecule has 1 aromatic carbocycles. The molecule has 0 N–H and O–H groups in total. The average Bonchev–Trinajstić information content (AvgIpc) is 3.16. The summed E-state index contributed by atoms with van der Waals surface area (Å²) in [5, 5.41) is 0. The largest absolute Gasteiger partial charge is 0.468 e. The second kappa shape index (κ2) is 11.5. The molecule has 4 nitrogen and oxygen atoms in total. The van der Waals surface area contributed by atoms with Gasteiger partial charge in [-0.15, -0.1) is 0 Å². The van der Waals surface area contributed by atoms with E-state index in [0.717, 1.165) is 19.3 Å². The van der Waals surface area contributed by atoms with Crippen molar-refractivity contribution in [1.82, 2.24) is 0 Å². The summed E-state index contributed by atoms with van der Waals surface area (Å²) in [4.78, 5) is 25.1. The van der Waals surface area contributed by atoms with Crippen LogP contribution in [-0.4, -0.2) is 26.2 Å².